The van der Waals surface area contributed by atoms with E-state index in [4.69, 9.17) is 15.2 Å². The molecule has 0 heterocycles. The molecule has 0 fully saturated rings. The van der Waals surface area contributed by atoms with Crippen molar-refractivity contribution in [1.29, 1.82) is 0 Å². The Labute approximate surface area is 135 Å². The van der Waals surface area contributed by atoms with Gasteiger partial charge in [-0.2, -0.15) is 0 Å². The zero-order valence-corrected chi connectivity index (χ0v) is 16.5. The van der Waals surface area contributed by atoms with Gasteiger partial charge in [-0.15, -0.1) is 0 Å². The predicted octanol–water partition coefficient (Wildman–Crippen LogP) is 4.49. The van der Waals surface area contributed by atoms with Gasteiger partial charge in [-0.05, 0) is 0 Å². The Morgan fingerprint density at radius 3 is 0.810 bits per heavy atom. The quantitative estimate of drug-likeness (QED) is 0.523. The summed E-state index contributed by atoms with van der Waals surface area (Å²) in [5.74, 6) is 1.70. The van der Waals surface area contributed by atoms with Crippen LogP contribution in [0.15, 0.2) is 0 Å². The molecule has 0 aromatic heterocycles. The first-order valence-corrected chi connectivity index (χ1v) is 10.2. The van der Waals surface area contributed by atoms with Crippen LogP contribution in [0, 0.1) is 23.7 Å². The summed E-state index contributed by atoms with van der Waals surface area (Å²) in [5.41, 5.74) is 0. The van der Waals surface area contributed by atoms with Crippen LogP contribution in [0.1, 0.15) is 55.4 Å². The van der Waals surface area contributed by atoms with Gasteiger partial charge in [0, 0.05) is 0 Å². The second-order valence-corrected chi connectivity index (χ2v) is 9.87. The van der Waals surface area contributed by atoms with E-state index in [0.29, 0.717) is 50.1 Å². The van der Waals surface area contributed by atoms with Crippen LogP contribution < -0.4 is 0 Å². The molecule has 0 rings (SSSR count). The van der Waals surface area contributed by atoms with Gasteiger partial charge < -0.3 is 0 Å². The topological polar surface area (TPSA) is 36.9 Å². The van der Waals surface area contributed by atoms with Crippen LogP contribution in [0.3, 0.4) is 0 Å². The Bertz CT molecular complexity index is 201. The van der Waals surface area contributed by atoms with Gasteiger partial charge in [0.15, 0.2) is 0 Å². The van der Waals surface area contributed by atoms with Gasteiger partial charge in [0.2, 0.25) is 0 Å². The van der Waals surface area contributed by atoms with Crippen molar-refractivity contribution in [2.45, 2.75) is 55.4 Å². The molecule has 0 unspecified atom stereocenters. The summed E-state index contributed by atoms with van der Waals surface area (Å²) in [6, 6.07) is 0. The molecule has 0 aliphatic rings. The summed E-state index contributed by atoms with van der Waals surface area (Å²) in [6.07, 6.45) is 0. The van der Waals surface area contributed by atoms with Crippen LogP contribution in [-0.2, 0) is 29.6 Å². The molecule has 4 nitrogen and oxygen atoms in total. The Morgan fingerprint density at radius 1 is 0.476 bits per heavy atom. The van der Waals surface area contributed by atoms with Crippen molar-refractivity contribution in [3.8, 4) is 0 Å². The molecular formula is C16H36CrO4. The molecule has 21 heavy (non-hydrogen) atoms. The molecule has 0 saturated carbocycles. The standard InChI is InChI=1S/4C4H9O.Cr/c4*1-4(2)3-5;/h4*4H,3H2,1-2H3;/q4*-1;+4. The zero-order chi connectivity index (χ0) is 16.5. The molecule has 0 aromatic carbocycles. The van der Waals surface area contributed by atoms with Crippen LogP contribution >= 0.6 is 0 Å². The molecule has 0 bridgehead atoms. The van der Waals surface area contributed by atoms with Gasteiger partial charge in [-0.25, -0.2) is 0 Å². The fourth-order valence-electron chi connectivity index (χ4n) is 1.08. The SMILES string of the molecule is CC(C)C[O][Cr]([O]CC(C)C)([O]CC(C)C)[O]CC(C)C. The average molecular weight is 344 g/mol. The number of hydrogen-bond donors (Lipinski definition) is 0. The monoisotopic (exact) mass is 344 g/mol. The van der Waals surface area contributed by atoms with Gasteiger partial charge in [-0.3, -0.25) is 0 Å². The molecule has 0 aliphatic heterocycles. The molecule has 0 aromatic rings. The van der Waals surface area contributed by atoms with E-state index in [2.05, 4.69) is 55.4 Å². The summed E-state index contributed by atoms with van der Waals surface area (Å²) in [5, 5.41) is 0. The Balaban J connectivity index is 4.85. The van der Waals surface area contributed by atoms with Gasteiger partial charge >= 0.3 is 135 Å². The first-order chi connectivity index (χ1) is 9.67. The van der Waals surface area contributed by atoms with E-state index < -0.39 is 14.4 Å². The van der Waals surface area contributed by atoms with Crippen molar-refractivity contribution in [3.05, 3.63) is 0 Å². The van der Waals surface area contributed by atoms with Gasteiger partial charge in [0.05, 0.1) is 0 Å². The third-order valence-corrected chi connectivity index (χ3v) is 4.84. The van der Waals surface area contributed by atoms with Crippen molar-refractivity contribution in [3.63, 3.8) is 0 Å². The molecule has 0 radical (unpaired) electrons. The third-order valence-electron chi connectivity index (χ3n) is 2.18. The van der Waals surface area contributed by atoms with E-state index in [-0.39, 0.29) is 0 Å². The molecular weight excluding hydrogens is 308 g/mol. The van der Waals surface area contributed by atoms with Crippen molar-refractivity contribution in [2.24, 2.45) is 23.7 Å². The van der Waals surface area contributed by atoms with Crippen LogP contribution in [0.25, 0.3) is 0 Å². The van der Waals surface area contributed by atoms with E-state index in [1.54, 1.807) is 0 Å². The Morgan fingerprint density at radius 2 is 0.667 bits per heavy atom. The van der Waals surface area contributed by atoms with E-state index in [1.807, 2.05) is 0 Å². The van der Waals surface area contributed by atoms with Crippen LogP contribution in [0.4, 0.5) is 0 Å². The molecule has 0 aliphatic carbocycles. The van der Waals surface area contributed by atoms with E-state index in [1.165, 1.54) is 0 Å². The first kappa shape index (κ1) is 21.4. The summed E-state index contributed by atoms with van der Waals surface area (Å²) in [7, 11) is 0. The second-order valence-electron chi connectivity index (χ2n) is 7.12. The van der Waals surface area contributed by atoms with Crippen molar-refractivity contribution in [1.82, 2.24) is 0 Å². The minimum absolute atomic E-state index is 0.425. The minimum atomic E-state index is -3.26. The third kappa shape index (κ3) is 11.6. The van der Waals surface area contributed by atoms with Crippen molar-refractivity contribution < 1.29 is 29.6 Å². The summed E-state index contributed by atoms with van der Waals surface area (Å²) >= 11 is -3.26. The maximum absolute atomic E-state index is 6.03. The van der Waals surface area contributed by atoms with Crippen molar-refractivity contribution in [2.75, 3.05) is 26.4 Å². The molecule has 0 atom stereocenters. The molecule has 0 spiro atoms. The number of hydrogen-bond acceptors (Lipinski definition) is 4. The van der Waals surface area contributed by atoms with Crippen LogP contribution in [0.2, 0.25) is 0 Å². The van der Waals surface area contributed by atoms with Gasteiger partial charge in [0.1, 0.15) is 0 Å². The normalized spacial score (nSPS) is 13.9. The first-order valence-electron chi connectivity index (χ1n) is 8.07. The zero-order valence-electron chi connectivity index (χ0n) is 15.2. The molecule has 130 valence electrons. The van der Waals surface area contributed by atoms with Crippen LogP contribution in [0.5, 0.6) is 0 Å². The van der Waals surface area contributed by atoms with E-state index in [0.717, 1.165) is 0 Å². The molecule has 0 saturated heterocycles. The molecule has 5 heteroatoms. The van der Waals surface area contributed by atoms with Crippen LogP contribution in [-0.4, -0.2) is 26.4 Å². The number of rotatable bonds is 12. The van der Waals surface area contributed by atoms with Gasteiger partial charge in [-0.1, -0.05) is 0 Å². The second kappa shape index (κ2) is 11.0. The van der Waals surface area contributed by atoms with Crippen molar-refractivity contribution >= 4 is 0 Å². The fourth-order valence-corrected chi connectivity index (χ4v) is 4.46. The Hall–Kier alpha value is 0.372. The van der Waals surface area contributed by atoms with Gasteiger partial charge in [0.25, 0.3) is 0 Å². The van der Waals surface area contributed by atoms with E-state index >= 15 is 0 Å². The predicted molar refractivity (Wildman–Crippen MR) is 83.2 cm³/mol. The van der Waals surface area contributed by atoms with E-state index in [9.17, 15) is 0 Å². The molecule has 0 N–H and O–H groups in total. The summed E-state index contributed by atoms with van der Waals surface area (Å²) in [4.78, 5) is 0. The fraction of sp³-hybridized carbons (Fsp3) is 1.00. The Kier molecular flexibility index (Phi) is 11.2. The molecule has 0 amide bonds. The average Bonchev–Trinajstić information content (AvgIpc) is 2.36. The maximum atomic E-state index is 6.03. The summed E-state index contributed by atoms with van der Waals surface area (Å²) in [6.45, 7) is 19.4. The summed E-state index contributed by atoms with van der Waals surface area (Å²) < 4.78 is 24.1.